The summed E-state index contributed by atoms with van der Waals surface area (Å²) in [6.07, 6.45) is 3.74. The first-order chi connectivity index (χ1) is 12.1. The van der Waals surface area contributed by atoms with Gasteiger partial charge in [0.2, 0.25) is 0 Å². The maximum absolute atomic E-state index is 12.7. The van der Waals surface area contributed by atoms with Crippen LogP contribution < -0.4 is 5.32 Å². The minimum Gasteiger partial charge on any atom is -0.377 e. The van der Waals surface area contributed by atoms with E-state index in [1.807, 2.05) is 41.4 Å². The molecule has 0 bridgehead atoms. The normalized spacial score (nSPS) is 17.7. The molecule has 6 nitrogen and oxygen atoms in total. The molecule has 1 atom stereocenters. The van der Waals surface area contributed by atoms with Gasteiger partial charge in [-0.2, -0.15) is 0 Å². The van der Waals surface area contributed by atoms with Crippen LogP contribution in [0.5, 0.6) is 0 Å². The van der Waals surface area contributed by atoms with Crippen molar-refractivity contribution in [2.45, 2.75) is 33.0 Å². The van der Waals surface area contributed by atoms with Gasteiger partial charge in [-0.1, -0.05) is 44.2 Å². The highest BCUT2D eigenvalue weighted by molar-refractivity contribution is 5.74. The third kappa shape index (κ3) is 4.39. The van der Waals surface area contributed by atoms with E-state index in [0.29, 0.717) is 32.2 Å². The van der Waals surface area contributed by atoms with E-state index in [9.17, 15) is 4.79 Å². The second-order valence-corrected chi connectivity index (χ2v) is 6.74. The Bertz CT molecular complexity index is 684. The highest BCUT2D eigenvalue weighted by Crippen LogP contribution is 2.24. The molecule has 25 heavy (non-hydrogen) atoms. The quantitative estimate of drug-likeness (QED) is 0.909. The van der Waals surface area contributed by atoms with Crippen molar-refractivity contribution in [3.63, 3.8) is 0 Å². The lowest BCUT2D eigenvalue weighted by atomic mass is 10.1. The largest absolute Gasteiger partial charge is 0.377 e. The molecule has 3 rings (SSSR count). The number of hydrogen-bond acceptors (Lipinski definition) is 3. The number of morpholine rings is 1. The van der Waals surface area contributed by atoms with Crippen molar-refractivity contribution in [2.24, 2.45) is 5.92 Å². The maximum Gasteiger partial charge on any atom is 0.318 e. The minimum atomic E-state index is -0.0729. The standard InChI is InChI=1S/C19H26N4O2/c1-15(2)13-22-9-8-20-18(22)12-21-19(24)23-10-11-25-14-17(23)16-6-4-3-5-7-16/h3-9,15,17H,10-14H2,1-2H3,(H,21,24). The van der Waals surface area contributed by atoms with Gasteiger partial charge in [0.25, 0.3) is 0 Å². The fraction of sp³-hybridized carbons (Fsp3) is 0.474. The number of aromatic nitrogens is 2. The number of amides is 2. The molecular formula is C19H26N4O2. The summed E-state index contributed by atoms with van der Waals surface area (Å²) in [4.78, 5) is 19.0. The fourth-order valence-corrected chi connectivity index (χ4v) is 3.12. The van der Waals surface area contributed by atoms with Gasteiger partial charge in [-0.25, -0.2) is 9.78 Å². The zero-order chi connectivity index (χ0) is 17.6. The number of rotatable bonds is 5. The van der Waals surface area contributed by atoms with E-state index in [-0.39, 0.29) is 12.1 Å². The lowest BCUT2D eigenvalue weighted by Gasteiger charge is -2.35. The van der Waals surface area contributed by atoms with Gasteiger partial charge in [0.05, 0.1) is 25.8 Å². The van der Waals surface area contributed by atoms with Crippen molar-refractivity contribution >= 4 is 6.03 Å². The van der Waals surface area contributed by atoms with Crippen LogP contribution in [-0.4, -0.2) is 40.2 Å². The van der Waals surface area contributed by atoms with E-state index in [0.717, 1.165) is 17.9 Å². The Balaban J connectivity index is 1.64. The molecule has 134 valence electrons. The van der Waals surface area contributed by atoms with Crippen LogP contribution in [0.2, 0.25) is 0 Å². The van der Waals surface area contributed by atoms with Crippen LogP contribution in [0.25, 0.3) is 0 Å². The first-order valence-electron chi connectivity index (χ1n) is 8.82. The predicted octanol–water partition coefficient (Wildman–Crippen LogP) is 2.82. The van der Waals surface area contributed by atoms with Crippen molar-refractivity contribution < 1.29 is 9.53 Å². The molecule has 1 unspecified atom stereocenters. The molecule has 1 aliphatic rings. The van der Waals surface area contributed by atoms with E-state index >= 15 is 0 Å². The Morgan fingerprint density at radius 3 is 2.92 bits per heavy atom. The number of carbonyl (C=O) groups is 1. The topological polar surface area (TPSA) is 59.4 Å². The molecule has 2 heterocycles. The van der Waals surface area contributed by atoms with Crippen molar-refractivity contribution in [1.29, 1.82) is 0 Å². The van der Waals surface area contributed by atoms with E-state index in [1.54, 1.807) is 6.20 Å². The number of nitrogens with one attached hydrogen (secondary N) is 1. The highest BCUT2D eigenvalue weighted by Gasteiger charge is 2.28. The third-order valence-corrected chi connectivity index (χ3v) is 4.33. The lowest BCUT2D eigenvalue weighted by Crippen LogP contribution is -2.48. The minimum absolute atomic E-state index is 0.0506. The fourth-order valence-electron chi connectivity index (χ4n) is 3.12. The SMILES string of the molecule is CC(C)Cn1ccnc1CNC(=O)N1CCOCC1c1ccccc1. The maximum atomic E-state index is 12.7. The first kappa shape index (κ1) is 17.5. The number of carbonyl (C=O) groups excluding carboxylic acids is 1. The predicted molar refractivity (Wildman–Crippen MR) is 96.0 cm³/mol. The van der Waals surface area contributed by atoms with E-state index in [4.69, 9.17) is 4.74 Å². The number of urea groups is 1. The van der Waals surface area contributed by atoms with Crippen LogP contribution in [0, 0.1) is 5.92 Å². The molecule has 2 aromatic rings. The average molecular weight is 342 g/mol. The van der Waals surface area contributed by atoms with Gasteiger partial charge in [-0.05, 0) is 11.5 Å². The number of hydrogen-bond donors (Lipinski definition) is 1. The smallest absolute Gasteiger partial charge is 0.318 e. The molecule has 1 aromatic heterocycles. The van der Waals surface area contributed by atoms with Crippen LogP contribution in [-0.2, 0) is 17.8 Å². The van der Waals surface area contributed by atoms with Crippen molar-refractivity contribution in [3.8, 4) is 0 Å². The molecule has 1 fully saturated rings. The monoisotopic (exact) mass is 342 g/mol. The molecule has 1 saturated heterocycles. The van der Waals surface area contributed by atoms with Crippen molar-refractivity contribution in [1.82, 2.24) is 19.8 Å². The zero-order valence-electron chi connectivity index (χ0n) is 14.9. The summed E-state index contributed by atoms with van der Waals surface area (Å²) in [7, 11) is 0. The number of ether oxygens (including phenoxy) is 1. The van der Waals surface area contributed by atoms with Crippen LogP contribution in [0.15, 0.2) is 42.7 Å². The lowest BCUT2D eigenvalue weighted by molar-refractivity contribution is 0.0115. The second-order valence-electron chi connectivity index (χ2n) is 6.74. The van der Waals surface area contributed by atoms with Gasteiger partial charge >= 0.3 is 6.03 Å². The Kier molecular flexibility index (Phi) is 5.71. The summed E-state index contributed by atoms with van der Waals surface area (Å²) in [6, 6.07) is 9.91. The Morgan fingerprint density at radius 1 is 1.36 bits per heavy atom. The molecule has 1 aliphatic heterocycles. The molecular weight excluding hydrogens is 316 g/mol. The Labute approximate surface area is 148 Å². The molecule has 0 spiro atoms. The molecule has 2 amide bonds. The van der Waals surface area contributed by atoms with Gasteiger partial charge in [0, 0.05) is 25.5 Å². The Hall–Kier alpha value is -2.34. The van der Waals surface area contributed by atoms with Crippen LogP contribution in [0.4, 0.5) is 4.79 Å². The Morgan fingerprint density at radius 2 is 2.16 bits per heavy atom. The highest BCUT2D eigenvalue weighted by atomic mass is 16.5. The van der Waals surface area contributed by atoms with Crippen LogP contribution >= 0.6 is 0 Å². The first-order valence-corrected chi connectivity index (χ1v) is 8.82. The summed E-state index contributed by atoms with van der Waals surface area (Å²) in [5.74, 6) is 1.41. The molecule has 0 radical (unpaired) electrons. The van der Waals surface area contributed by atoms with Gasteiger partial charge < -0.3 is 19.5 Å². The number of nitrogens with zero attached hydrogens (tertiary/aromatic N) is 3. The summed E-state index contributed by atoms with van der Waals surface area (Å²) in [5.41, 5.74) is 1.10. The summed E-state index contributed by atoms with van der Waals surface area (Å²) < 4.78 is 7.69. The summed E-state index contributed by atoms with van der Waals surface area (Å²) in [5, 5.41) is 3.02. The average Bonchev–Trinajstić information content (AvgIpc) is 3.06. The zero-order valence-corrected chi connectivity index (χ0v) is 14.9. The molecule has 0 saturated carbocycles. The van der Waals surface area contributed by atoms with Gasteiger partial charge in [0.15, 0.2) is 0 Å². The molecule has 1 aromatic carbocycles. The summed E-state index contributed by atoms with van der Waals surface area (Å²) in [6.45, 7) is 7.35. The molecule has 1 N–H and O–H groups in total. The van der Waals surface area contributed by atoms with Gasteiger partial charge in [-0.3, -0.25) is 0 Å². The molecule has 0 aliphatic carbocycles. The number of imidazole rings is 1. The van der Waals surface area contributed by atoms with E-state index in [2.05, 4.69) is 28.7 Å². The van der Waals surface area contributed by atoms with Gasteiger partial charge in [0.1, 0.15) is 5.82 Å². The van der Waals surface area contributed by atoms with Crippen molar-refractivity contribution in [2.75, 3.05) is 19.8 Å². The summed E-state index contributed by atoms with van der Waals surface area (Å²) >= 11 is 0. The number of benzene rings is 1. The molecule has 6 heteroatoms. The second kappa shape index (κ2) is 8.16. The van der Waals surface area contributed by atoms with Gasteiger partial charge in [-0.15, -0.1) is 0 Å². The van der Waals surface area contributed by atoms with E-state index in [1.165, 1.54) is 0 Å². The third-order valence-electron chi connectivity index (χ3n) is 4.33. The van der Waals surface area contributed by atoms with Crippen molar-refractivity contribution in [3.05, 3.63) is 54.1 Å². The van der Waals surface area contributed by atoms with E-state index < -0.39 is 0 Å². The van der Waals surface area contributed by atoms with Crippen LogP contribution in [0.1, 0.15) is 31.3 Å². The van der Waals surface area contributed by atoms with Crippen LogP contribution in [0.3, 0.4) is 0 Å².